The molecule has 0 radical (unpaired) electrons. The third kappa shape index (κ3) is 3.23. The minimum atomic E-state index is -0.169. The summed E-state index contributed by atoms with van der Waals surface area (Å²) in [5.41, 5.74) is 5.83. The molecule has 2 fully saturated rings. The van der Waals surface area contributed by atoms with Gasteiger partial charge in [-0.05, 0) is 44.9 Å². The first-order valence-electron chi connectivity index (χ1n) is 7.15. The Kier molecular flexibility index (Phi) is 4.28. The molecule has 1 saturated carbocycles. The summed E-state index contributed by atoms with van der Waals surface area (Å²) in [6.07, 6.45) is 4.86. The summed E-state index contributed by atoms with van der Waals surface area (Å²) in [6, 6.07) is 0.266. The summed E-state index contributed by atoms with van der Waals surface area (Å²) in [4.78, 5) is 12.3. The monoisotopic (exact) mass is 254 g/mol. The maximum atomic E-state index is 12.3. The number of hydrogen-bond acceptors (Lipinski definition) is 3. The van der Waals surface area contributed by atoms with E-state index in [1.807, 2.05) is 0 Å². The molecule has 4 nitrogen and oxygen atoms in total. The molecular weight excluding hydrogens is 228 g/mol. The lowest BCUT2D eigenvalue weighted by Gasteiger charge is -2.37. The van der Waals surface area contributed by atoms with Gasteiger partial charge in [-0.3, -0.25) is 4.79 Å². The highest BCUT2D eigenvalue weighted by Crippen LogP contribution is 2.29. The first-order chi connectivity index (χ1) is 8.50. The minimum Gasteiger partial charge on any atom is -0.379 e. The molecule has 0 aromatic rings. The van der Waals surface area contributed by atoms with E-state index < -0.39 is 0 Å². The molecule has 4 heteroatoms. The number of carbonyl (C=O) groups is 1. The van der Waals surface area contributed by atoms with Crippen molar-refractivity contribution in [1.29, 1.82) is 0 Å². The topological polar surface area (TPSA) is 64.3 Å². The average molecular weight is 254 g/mol. The summed E-state index contributed by atoms with van der Waals surface area (Å²) < 4.78 is 5.48. The van der Waals surface area contributed by atoms with Gasteiger partial charge in [0.1, 0.15) is 0 Å². The number of rotatable bonds is 2. The zero-order valence-electron chi connectivity index (χ0n) is 11.6. The molecule has 0 aromatic heterocycles. The predicted octanol–water partition coefficient (Wildman–Crippen LogP) is 1.44. The van der Waals surface area contributed by atoms with Crippen molar-refractivity contribution in [1.82, 2.24) is 5.32 Å². The summed E-state index contributed by atoms with van der Waals surface area (Å²) in [5, 5.41) is 3.20. The number of nitrogens with one attached hydrogen (secondary N) is 1. The largest absolute Gasteiger partial charge is 0.379 e. The van der Waals surface area contributed by atoms with Crippen LogP contribution in [0.15, 0.2) is 0 Å². The smallest absolute Gasteiger partial charge is 0.223 e. The van der Waals surface area contributed by atoms with Crippen LogP contribution in [0.1, 0.15) is 46.0 Å². The molecule has 0 bridgehead atoms. The molecule has 4 atom stereocenters. The average Bonchev–Trinajstić information content (AvgIpc) is 2.33. The van der Waals surface area contributed by atoms with Gasteiger partial charge in [0.15, 0.2) is 0 Å². The Labute approximate surface area is 110 Å². The van der Waals surface area contributed by atoms with Gasteiger partial charge in [-0.25, -0.2) is 0 Å². The maximum Gasteiger partial charge on any atom is 0.223 e. The van der Waals surface area contributed by atoms with E-state index in [1.54, 1.807) is 0 Å². The molecule has 0 aromatic carbocycles. The first kappa shape index (κ1) is 13.8. The molecule has 104 valence electrons. The van der Waals surface area contributed by atoms with E-state index in [-0.39, 0.29) is 23.4 Å². The number of nitrogens with two attached hydrogens (primary N) is 1. The van der Waals surface area contributed by atoms with Crippen molar-refractivity contribution in [2.45, 2.75) is 57.5 Å². The third-order valence-corrected chi connectivity index (χ3v) is 4.47. The fourth-order valence-corrected chi connectivity index (χ4v) is 3.09. The van der Waals surface area contributed by atoms with Gasteiger partial charge >= 0.3 is 0 Å². The molecule has 1 aliphatic heterocycles. The van der Waals surface area contributed by atoms with Crippen molar-refractivity contribution in [3.05, 3.63) is 0 Å². The van der Waals surface area contributed by atoms with Crippen molar-refractivity contribution >= 4 is 5.91 Å². The van der Waals surface area contributed by atoms with Gasteiger partial charge in [0.05, 0.1) is 12.1 Å². The van der Waals surface area contributed by atoms with Crippen LogP contribution < -0.4 is 11.1 Å². The van der Waals surface area contributed by atoms with Crippen LogP contribution in [-0.4, -0.2) is 30.7 Å². The highest BCUT2D eigenvalue weighted by molar-refractivity contribution is 5.79. The second-order valence-corrected chi connectivity index (χ2v) is 6.36. The second kappa shape index (κ2) is 5.57. The van der Waals surface area contributed by atoms with Gasteiger partial charge in [0, 0.05) is 18.6 Å². The van der Waals surface area contributed by atoms with Crippen molar-refractivity contribution in [3.8, 4) is 0 Å². The van der Waals surface area contributed by atoms with E-state index in [4.69, 9.17) is 10.5 Å². The molecule has 4 unspecified atom stereocenters. The minimum absolute atomic E-state index is 0.138. The number of ether oxygens (including phenoxy) is 1. The maximum absolute atomic E-state index is 12.3. The third-order valence-electron chi connectivity index (χ3n) is 4.47. The standard InChI is InChI=1S/C14H26N2O2/c1-10-8-11(4-5-12(10)15)13(17)16-14(2)6-3-7-18-9-14/h10-12H,3-9,15H2,1-2H3,(H,16,17). The number of hydrogen-bond donors (Lipinski definition) is 2. The number of carbonyl (C=O) groups excluding carboxylic acids is 1. The molecule has 1 amide bonds. The lowest BCUT2D eigenvalue weighted by atomic mass is 9.78. The van der Waals surface area contributed by atoms with Gasteiger partial charge in [-0.1, -0.05) is 6.92 Å². The zero-order chi connectivity index (χ0) is 13.2. The summed E-state index contributed by atoms with van der Waals surface area (Å²) in [5.74, 6) is 0.783. The quantitative estimate of drug-likeness (QED) is 0.783. The highest BCUT2D eigenvalue weighted by Gasteiger charge is 2.34. The second-order valence-electron chi connectivity index (χ2n) is 6.36. The first-order valence-corrected chi connectivity index (χ1v) is 7.15. The predicted molar refractivity (Wildman–Crippen MR) is 71.1 cm³/mol. The van der Waals surface area contributed by atoms with E-state index in [0.717, 1.165) is 38.7 Å². The van der Waals surface area contributed by atoms with Gasteiger partial charge in [0.25, 0.3) is 0 Å². The van der Waals surface area contributed by atoms with Crippen LogP contribution in [0.5, 0.6) is 0 Å². The molecular formula is C14H26N2O2. The molecule has 1 aliphatic carbocycles. The van der Waals surface area contributed by atoms with Crippen LogP contribution in [0.3, 0.4) is 0 Å². The molecule has 2 aliphatic rings. The van der Waals surface area contributed by atoms with Crippen molar-refractivity contribution < 1.29 is 9.53 Å². The Morgan fingerprint density at radius 3 is 2.83 bits per heavy atom. The van der Waals surface area contributed by atoms with Crippen molar-refractivity contribution in [3.63, 3.8) is 0 Å². The van der Waals surface area contributed by atoms with E-state index in [0.29, 0.717) is 12.5 Å². The summed E-state index contributed by atoms with van der Waals surface area (Å²) >= 11 is 0. The molecule has 1 heterocycles. The SMILES string of the molecule is CC1CC(C(=O)NC2(C)CCCOC2)CCC1N. The highest BCUT2D eigenvalue weighted by atomic mass is 16.5. The Balaban J connectivity index is 1.87. The lowest BCUT2D eigenvalue weighted by molar-refractivity contribution is -0.130. The Bertz CT molecular complexity index is 300. The van der Waals surface area contributed by atoms with Crippen molar-refractivity contribution in [2.75, 3.05) is 13.2 Å². The Morgan fingerprint density at radius 2 is 2.22 bits per heavy atom. The molecule has 0 spiro atoms. The van der Waals surface area contributed by atoms with E-state index in [1.165, 1.54) is 0 Å². The molecule has 2 rings (SSSR count). The Morgan fingerprint density at radius 1 is 1.44 bits per heavy atom. The van der Waals surface area contributed by atoms with E-state index in [2.05, 4.69) is 19.2 Å². The lowest BCUT2D eigenvalue weighted by Crippen LogP contribution is -2.54. The summed E-state index contributed by atoms with van der Waals surface area (Å²) in [7, 11) is 0. The normalized spacial score (nSPS) is 41.4. The van der Waals surface area contributed by atoms with Crippen LogP contribution in [0, 0.1) is 11.8 Å². The van der Waals surface area contributed by atoms with Gasteiger partial charge in [0.2, 0.25) is 5.91 Å². The van der Waals surface area contributed by atoms with E-state index in [9.17, 15) is 4.79 Å². The van der Waals surface area contributed by atoms with Crippen LogP contribution in [0.4, 0.5) is 0 Å². The van der Waals surface area contributed by atoms with Gasteiger partial charge in [-0.2, -0.15) is 0 Å². The van der Waals surface area contributed by atoms with Crippen molar-refractivity contribution in [2.24, 2.45) is 17.6 Å². The van der Waals surface area contributed by atoms with Crippen LogP contribution in [0.2, 0.25) is 0 Å². The van der Waals surface area contributed by atoms with Crippen LogP contribution in [-0.2, 0) is 9.53 Å². The number of amides is 1. The molecule has 1 saturated heterocycles. The zero-order valence-corrected chi connectivity index (χ0v) is 11.6. The van der Waals surface area contributed by atoms with Gasteiger partial charge < -0.3 is 15.8 Å². The van der Waals surface area contributed by atoms with Crippen LogP contribution in [0.25, 0.3) is 0 Å². The van der Waals surface area contributed by atoms with Gasteiger partial charge in [-0.15, -0.1) is 0 Å². The van der Waals surface area contributed by atoms with E-state index >= 15 is 0 Å². The fourth-order valence-electron chi connectivity index (χ4n) is 3.09. The molecule has 3 N–H and O–H groups in total. The fraction of sp³-hybridized carbons (Fsp3) is 0.929. The Hall–Kier alpha value is -0.610. The summed E-state index contributed by atoms with van der Waals surface area (Å²) in [6.45, 7) is 5.69. The molecule has 18 heavy (non-hydrogen) atoms. The van der Waals surface area contributed by atoms with Crippen LogP contribution >= 0.6 is 0 Å².